The van der Waals surface area contributed by atoms with Crippen molar-refractivity contribution >= 4 is 5.97 Å². The van der Waals surface area contributed by atoms with Gasteiger partial charge in [0.15, 0.2) is 0 Å². The van der Waals surface area contributed by atoms with Gasteiger partial charge in [0.25, 0.3) is 0 Å². The molecule has 1 atom stereocenters. The molecule has 20 heavy (non-hydrogen) atoms. The fourth-order valence-electron chi connectivity index (χ4n) is 2.58. The molecule has 0 saturated carbocycles. The third kappa shape index (κ3) is 2.88. The molecule has 1 aromatic rings. The van der Waals surface area contributed by atoms with Crippen molar-refractivity contribution in [3.63, 3.8) is 0 Å². The van der Waals surface area contributed by atoms with Crippen LogP contribution in [0, 0.1) is 0 Å². The molecule has 1 fully saturated rings. The molecule has 0 aliphatic carbocycles. The molecule has 5 heteroatoms. The van der Waals surface area contributed by atoms with Crippen LogP contribution in [0.25, 0.3) is 0 Å². The number of furan rings is 1. The molecule has 0 spiro atoms. The fourth-order valence-corrected chi connectivity index (χ4v) is 2.58. The van der Waals surface area contributed by atoms with Gasteiger partial charge < -0.3 is 9.15 Å². The molecule has 2 heterocycles. The number of hydrogen-bond donors (Lipinski definition) is 0. The second kappa shape index (κ2) is 5.58. The first-order chi connectivity index (χ1) is 9.35. The zero-order valence-corrected chi connectivity index (χ0v) is 13.0. The highest BCUT2D eigenvalue weighted by Crippen LogP contribution is 2.28. The van der Waals surface area contributed by atoms with Crippen molar-refractivity contribution in [2.45, 2.75) is 32.4 Å². The number of piperazine rings is 1. The van der Waals surface area contributed by atoms with Crippen molar-refractivity contribution in [1.82, 2.24) is 9.80 Å². The van der Waals surface area contributed by atoms with Crippen LogP contribution in [0.1, 0.15) is 43.1 Å². The van der Waals surface area contributed by atoms with Gasteiger partial charge in [-0.15, -0.1) is 0 Å². The summed E-state index contributed by atoms with van der Waals surface area (Å²) in [6.45, 7) is 9.60. The SMILES string of the molecule is COC(=O)c1ccc(C(C)N2CCN(C)C(C)(C)C2)o1. The van der Waals surface area contributed by atoms with Gasteiger partial charge in [-0.1, -0.05) is 0 Å². The predicted molar refractivity (Wildman–Crippen MR) is 76.7 cm³/mol. The molecule has 0 bridgehead atoms. The minimum Gasteiger partial charge on any atom is -0.463 e. The first-order valence-corrected chi connectivity index (χ1v) is 6.98. The molecule has 1 aliphatic rings. The van der Waals surface area contributed by atoms with Gasteiger partial charge in [-0.3, -0.25) is 9.80 Å². The smallest absolute Gasteiger partial charge is 0.373 e. The Morgan fingerprint density at radius 2 is 2.10 bits per heavy atom. The van der Waals surface area contributed by atoms with Gasteiger partial charge in [0.2, 0.25) is 5.76 Å². The molecule has 1 aromatic heterocycles. The van der Waals surface area contributed by atoms with E-state index in [4.69, 9.17) is 4.42 Å². The fraction of sp³-hybridized carbons (Fsp3) is 0.667. The molecule has 112 valence electrons. The molecule has 0 aromatic carbocycles. The highest BCUT2D eigenvalue weighted by atomic mass is 16.5. The van der Waals surface area contributed by atoms with Gasteiger partial charge in [-0.2, -0.15) is 0 Å². The topological polar surface area (TPSA) is 45.9 Å². The zero-order chi connectivity index (χ0) is 14.9. The van der Waals surface area contributed by atoms with E-state index in [-0.39, 0.29) is 17.3 Å². The summed E-state index contributed by atoms with van der Waals surface area (Å²) >= 11 is 0. The first kappa shape index (κ1) is 15.1. The van der Waals surface area contributed by atoms with E-state index >= 15 is 0 Å². The Kier molecular flexibility index (Phi) is 4.20. The summed E-state index contributed by atoms with van der Waals surface area (Å²) < 4.78 is 10.3. The van der Waals surface area contributed by atoms with Gasteiger partial charge in [0, 0.05) is 25.2 Å². The Morgan fingerprint density at radius 1 is 1.40 bits per heavy atom. The summed E-state index contributed by atoms with van der Waals surface area (Å²) in [4.78, 5) is 16.2. The quantitative estimate of drug-likeness (QED) is 0.794. The molecule has 0 amide bonds. The lowest BCUT2D eigenvalue weighted by Crippen LogP contribution is -2.57. The molecule has 0 N–H and O–H groups in total. The molecular weight excluding hydrogens is 256 g/mol. The number of methoxy groups -OCH3 is 1. The lowest BCUT2D eigenvalue weighted by molar-refractivity contribution is 0.0150. The van der Waals surface area contributed by atoms with Crippen molar-refractivity contribution in [2.24, 2.45) is 0 Å². The Morgan fingerprint density at radius 3 is 2.70 bits per heavy atom. The van der Waals surface area contributed by atoms with Crippen LogP contribution in [0.4, 0.5) is 0 Å². The van der Waals surface area contributed by atoms with E-state index in [1.807, 2.05) is 6.07 Å². The van der Waals surface area contributed by atoms with Crippen molar-refractivity contribution < 1.29 is 13.9 Å². The van der Waals surface area contributed by atoms with Gasteiger partial charge in [0.05, 0.1) is 13.2 Å². The lowest BCUT2D eigenvalue weighted by atomic mass is 9.98. The minimum atomic E-state index is -0.429. The Labute approximate surface area is 120 Å². The van der Waals surface area contributed by atoms with Crippen molar-refractivity contribution in [2.75, 3.05) is 33.8 Å². The maximum absolute atomic E-state index is 11.4. The van der Waals surface area contributed by atoms with Crippen LogP contribution in [-0.4, -0.2) is 55.1 Å². The van der Waals surface area contributed by atoms with E-state index < -0.39 is 5.97 Å². The first-order valence-electron chi connectivity index (χ1n) is 6.98. The van der Waals surface area contributed by atoms with Crippen LogP contribution < -0.4 is 0 Å². The maximum atomic E-state index is 11.4. The number of carbonyl (C=O) groups excluding carboxylic acids is 1. The van der Waals surface area contributed by atoms with E-state index in [0.29, 0.717) is 0 Å². The van der Waals surface area contributed by atoms with E-state index in [1.165, 1.54) is 7.11 Å². The van der Waals surface area contributed by atoms with Crippen molar-refractivity contribution in [3.05, 3.63) is 23.7 Å². The average molecular weight is 280 g/mol. The Balaban J connectivity index is 2.09. The molecule has 0 radical (unpaired) electrons. The number of likely N-dealkylation sites (N-methyl/N-ethyl adjacent to an activating group) is 1. The number of ether oxygens (including phenoxy) is 1. The van der Waals surface area contributed by atoms with Gasteiger partial charge >= 0.3 is 5.97 Å². The summed E-state index contributed by atoms with van der Waals surface area (Å²) in [6, 6.07) is 3.70. The van der Waals surface area contributed by atoms with Crippen LogP contribution >= 0.6 is 0 Å². The molecule has 1 saturated heterocycles. The number of carbonyl (C=O) groups is 1. The Bertz CT molecular complexity index is 481. The van der Waals surface area contributed by atoms with Crippen LogP contribution in [0.3, 0.4) is 0 Å². The van der Waals surface area contributed by atoms with E-state index in [9.17, 15) is 4.79 Å². The third-order valence-electron chi connectivity index (χ3n) is 4.32. The predicted octanol–water partition coefficient (Wildman–Crippen LogP) is 2.15. The second-order valence-electron chi connectivity index (χ2n) is 6.07. The normalized spacial score (nSPS) is 21.6. The Hall–Kier alpha value is -1.33. The molecule has 5 nitrogen and oxygen atoms in total. The number of hydrogen-bond acceptors (Lipinski definition) is 5. The summed E-state index contributed by atoms with van der Waals surface area (Å²) in [5.41, 5.74) is 0.143. The lowest BCUT2D eigenvalue weighted by Gasteiger charge is -2.47. The maximum Gasteiger partial charge on any atom is 0.373 e. The van der Waals surface area contributed by atoms with E-state index in [2.05, 4.69) is 42.4 Å². The van der Waals surface area contributed by atoms with Gasteiger partial charge in [-0.05, 0) is 40.0 Å². The summed E-state index contributed by atoms with van der Waals surface area (Å²) in [5.74, 6) is 0.649. The largest absolute Gasteiger partial charge is 0.463 e. The van der Waals surface area contributed by atoms with Crippen LogP contribution in [0.5, 0.6) is 0 Å². The highest BCUT2D eigenvalue weighted by molar-refractivity contribution is 5.86. The molecule has 1 unspecified atom stereocenters. The second-order valence-corrected chi connectivity index (χ2v) is 6.07. The molecule has 2 rings (SSSR count). The van der Waals surface area contributed by atoms with E-state index in [0.717, 1.165) is 25.4 Å². The monoisotopic (exact) mass is 280 g/mol. The van der Waals surface area contributed by atoms with Gasteiger partial charge in [0.1, 0.15) is 5.76 Å². The van der Waals surface area contributed by atoms with Crippen LogP contribution in [-0.2, 0) is 4.74 Å². The molecule has 1 aliphatic heterocycles. The standard InChI is InChI=1S/C15H24N2O3/c1-11(12-6-7-13(20-12)14(18)19-5)17-9-8-16(4)15(2,3)10-17/h6-7,11H,8-10H2,1-5H3. The van der Waals surface area contributed by atoms with Crippen LogP contribution in [0.15, 0.2) is 16.5 Å². The van der Waals surface area contributed by atoms with Gasteiger partial charge in [-0.25, -0.2) is 4.79 Å². The zero-order valence-electron chi connectivity index (χ0n) is 13.0. The highest BCUT2D eigenvalue weighted by Gasteiger charge is 2.34. The van der Waals surface area contributed by atoms with Crippen molar-refractivity contribution in [3.8, 4) is 0 Å². The van der Waals surface area contributed by atoms with E-state index in [1.54, 1.807) is 6.07 Å². The van der Waals surface area contributed by atoms with Crippen LogP contribution in [0.2, 0.25) is 0 Å². The number of nitrogens with zero attached hydrogens (tertiary/aromatic N) is 2. The summed E-state index contributed by atoms with van der Waals surface area (Å²) in [5, 5.41) is 0. The number of esters is 1. The average Bonchev–Trinajstić information content (AvgIpc) is 2.89. The summed E-state index contributed by atoms with van der Waals surface area (Å²) in [6.07, 6.45) is 0. The van der Waals surface area contributed by atoms with Crippen molar-refractivity contribution in [1.29, 1.82) is 0 Å². The third-order valence-corrected chi connectivity index (χ3v) is 4.32. The summed E-state index contributed by atoms with van der Waals surface area (Å²) in [7, 11) is 3.52. The molecular formula is C15H24N2O3. The minimum absolute atomic E-state index is 0.143. The number of rotatable bonds is 3.